The van der Waals surface area contributed by atoms with E-state index in [1.54, 1.807) is 0 Å². The molecule has 2 nitrogen and oxygen atoms in total. The highest BCUT2D eigenvalue weighted by Gasteiger charge is 2.22. The summed E-state index contributed by atoms with van der Waals surface area (Å²) in [7, 11) is 0. The SMILES string of the molecule is CCC(N)C(=O)CC1CCC1. The molecule has 1 unspecified atom stereocenters. The first kappa shape index (κ1) is 8.72. The van der Waals surface area contributed by atoms with Crippen molar-refractivity contribution in [2.45, 2.75) is 45.1 Å². The van der Waals surface area contributed by atoms with E-state index >= 15 is 0 Å². The lowest BCUT2D eigenvalue weighted by atomic mass is 9.81. The summed E-state index contributed by atoms with van der Waals surface area (Å²) in [5.74, 6) is 0.928. The third kappa shape index (κ3) is 2.29. The standard InChI is InChI=1S/C9H17NO/c1-2-8(10)9(11)6-7-4-3-5-7/h7-8H,2-6,10H2,1H3. The third-order valence-electron chi connectivity index (χ3n) is 2.57. The van der Waals surface area contributed by atoms with E-state index in [0.29, 0.717) is 5.92 Å². The van der Waals surface area contributed by atoms with E-state index in [-0.39, 0.29) is 11.8 Å². The number of rotatable bonds is 4. The summed E-state index contributed by atoms with van der Waals surface area (Å²) in [5.41, 5.74) is 5.59. The summed E-state index contributed by atoms with van der Waals surface area (Å²) in [4.78, 5) is 11.3. The second-order valence-corrected chi connectivity index (χ2v) is 3.48. The van der Waals surface area contributed by atoms with Crippen molar-refractivity contribution in [2.75, 3.05) is 0 Å². The molecule has 1 fully saturated rings. The van der Waals surface area contributed by atoms with Crippen molar-refractivity contribution in [1.82, 2.24) is 0 Å². The lowest BCUT2D eigenvalue weighted by Gasteiger charge is -2.25. The molecule has 1 rings (SSSR count). The molecule has 1 atom stereocenters. The van der Waals surface area contributed by atoms with Gasteiger partial charge in [-0.05, 0) is 12.3 Å². The van der Waals surface area contributed by atoms with Gasteiger partial charge in [0.15, 0.2) is 0 Å². The second kappa shape index (κ2) is 3.86. The molecule has 0 aromatic heterocycles. The van der Waals surface area contributed by atoms with Gasteiger partial charge in [-0.2, -0.15) is 0 Å². The van der Waals surface area contributed by atoms with Crippen LogP contribution in [0.2, 0.25) is 0 Å². The van der Waals surface area contributed by atoms with Gasteiger partial charge in [0.05, 0.1) is 6.04 Å². The highest BCUT2D eigenvalue weighted by molar-refractivity contribution is 5.83. The Labute approximate surface area is 68.2 Å². The highest BCUT2D eigenvalue weighted by atomic mass is 16.1. The zero-order valence-electron chi connectivity index (χ0n) is 7.18. The zero-order chi connectivity index (χ0) is 8.27. The lowest BCUT2D eigenvalue weighted by molar-refractivity contribution is -0.121. The Bertz CT molecular complexity index is 140. The van der Waals surface area contributed by atoms with E-state index in [1.807, 2.05) is 6.92 Å². The van der Waals surface area contributed by atoms with Gasteiger partial charge in [-0.25, -0.2) is 0 Å². The molecule has 0 aromatic carbocycles. The predicted octanol–water partition coefficient (Wildman–Crippen LogP) is 1.48. The summed E-state index contributed by atoms with van der Waals surface area (Å²) in [5, 5.41) is 0. The van der Waals surface area contributed by atoms with E-state index in [2.05, 4.69) is 0 Å². The maximum Gasteiger partial charge on any atom is 0.149 e. The first-order chi connectivity index (χ1) is 5.24. The number of Topliss-reactive ketones (excluding diaryl/α,β-unsaturated/α-hetero) is 1. The lowest BCUT2D eigenvalue weighted by Crippen LogP contribution is -2.32. The van der Waals surface area contributed by atoms with Gasteiger partial charge in [-0.3, -0.25) is 4.79 Å². The molecule has 11 heavy (non-hydrogen) atoms. The van der Waals surface area contributed by atoms with Gasteiger partial charge >= 0.3 is 0 Å². The Morgan fingerprint density at radius 3 is 2.64 bits per heavy atom. The van der Waals surface area contributed by atoms with E-state index in [0.717, 1.165) is 12.8 Å². The number of nitrogens with two attached hydrogens (primary N) is 1. The fourth-order valence-electron chi connectivity index (χ4n) is 1.36. The first-order valence-corrected chi connectivity index (χ1v) is 4.52. The van der Waals surface area contributed by atoms with Gasteiger partial charge in [0, 0.05) is 6.42 Å². The summed E-state index contributed by atoms with van der Waals surface area (Å²) in [6.45, 7) is 1.96. The average Bonchev–Trinajstić information content (AvgIpc) is 1.94. The first-order valence-electron chi connectivity index (χ1n) is 4.52. The van der Waals surface area contributed by atoms with Crippen molar-refractivity contribution >= 4 is 5.78 Å². The van der Waals surface area contributed by atoms with Crippen LogP contribution in [0.25, 0.3) is 0 Å². The molecule has 1 saturated carbocycles. The van der Waals surface area contributed by atoms with Crippen molar-refractivity contribution in [1.29, 1.82) is 0 Å². The van der Waals surface area contributed by atoms with Crippen molar-refractivity contribution in [3.63, 3.8) is 0 Å². The Morgan fingerprint density at radius 1 is 1.64 bits per heavy atom. The number of carbonyl (C=O) groups is 1. The van der Waals surface area contributed by atoms with Crippen LogP contribution in [0.4, 0.5) is 0 Å². The van der Waals surface area contributed by atoms with E-state index < -0.39 is 0 Å². The van der Waals surface area contributed by atoms with Gasteiger partial charge in [0.2, 0.25) is 0 Å². The molecule has 0 aliphatic heterocycles. The highest BCUT2D eigenvalue weighted by Crippen LogP contribution is 2.29. The number of hydrogen-bond acceptors (Lipinski definition) is 2. The third-order valence-corrected chi connectivity index (χ3v) is 2.57. The minimum atomic E-state index is -0.199. The van der Waals surface area contributed by atoms with Crippen molar-refractivity contribution in [2.24, 2.45) is 11.7 Å². The van der Waals surface area contributed by atoms with Gasteiger partial charge in [-0.1, -0.05) is 26.2 Å². The molecule has 2 heteroatoms. The molecular weight excluding hydrogens is 138 g/mol. The van der Waals surface area contributed by atoms with E-state index in [1.165, 1.54) is 19.3 Å². The van der Waals surface area contributed by atoms with Crippen molar-refractivity contribution in [3.8, 4) is 0 Å². The van der Waals surface area contributed by atoms with Crippen molar-refractivity contribution < 1.29 is 4.79 Å². The minimum Gasteiger partial charge on any atom is -0.322 e. The quantitative estimate of drug-likeness (QED) is 0.668. The van der Waals surface area contributed by atoms with Crippen LogP contribution in [0, 0.1) is 5.92 Å². The molecule has 64 valence electrons. The van der Waals surface area contributed by atoms with Crippen molar-refractivity contribution in [3.05, 3.63) is 0 Å². The van der Waals surface area contributed by atoms with Crippen LogP contribution in [-0.2, 0) is 4.79 Å². The summed E-state index contributed by atoms with van der Waals surface area (Å²) >= 11 is 0. The molecule has 1 aliphatic carbocycles. The Balaban J connectivity index is 2.19. The fourth-order valence-corrected chi connectivity index (χ4v) is 1.36. The van der Waals surface area contributed by atoms with Crippen LogP contribution in [0.3, 0.4) is 0 Å². The maximum atomic E-state index is 11.3. The fraction of sp³-hybridized carbons (Fsp3) is 0.889. The molecule has 0 amide bonds. The summed E-state index contributed by atoms with van der Waals surface area (Å²) in [6.07, 6.45) is 5.30. The van der Waals surface area contributed by atoms with Gasteiger partial charge in [0.25, 0.3) is 0 Å². The average molecular weight is 155 g/mol. The summed E-state index contributed by atoms with van der Waals surface area (Å²) < 4.78 is 0. The molecule has 0 heterocycles. The minimum absolute atomic E-state index is 0.199. The van der Waals surface area contributed by atoms with Gasteiger partial charge < -0.3 is 5.73 Å². The van der Waals surface area contributed by atoms with Crippen LogP contribution in [0.15, 0.2) is 0 Å². The molecule has 2 N–H and O–H groups in total. The normalized spacial score (nSPS) is 20.9. The number of carbonyl (C=O) groups excluding carboxylic acids is 1. The monoisotopic (exact) mass is 155 g/mol. The molecule has 0 saturated heterocycles. The molecule has 0 spiro atoms. The molecule has 0 bridgehead atoms. The molecule has 0 radical (unpaired) electrons. The zero-order valence-corrected chi connectivity index (χ0v) is 7.18. The molecule has 0 aromatic rings. The van der Waals surface area contributed by atoms with Crippen LogP contribution < -0.4 is 5.73 Å². The predicted molar refractivity (Wildman–Crippen MR) is 45.2 cm³/mol. The maximum absolute atomic E-state index is 11.3. The van der Waals surface area contributed by atoms with Crippen LogP contribution in [0.5, 0.6) is 0 Å². The molecule has 1 aliphatic rings. The molecular formula is C9H17NO. The number of ketones is 1. The van der Waals surface area contributed by atoms with Crippen LogP contribution >= 0.6 is 0 Å². The second-order valence-electron chi connectivity index (χ2n) is 3.48. The van der Waals surface area contributed by atoms with Crippen LogP contribution in [0.1, 0.15) is 39.0 Å². The van der Waals surface area contributed by atoms with Crippen LogP contribution in [-0.4, -0.2) is 11.8 Å². The Kier molecular flexibility index (Phi) is 3.06. The van der Waals surface area contributed by atoms with E-state index in [9.17, 15) is 4.79 Å². The Hall–Kier alpha value is -0.370. The smallest absolute Gasteiger partial charge is 0.149 e. The van der Waals surface area contributed by atoms with Gasteiger partial charge in [-0.15, -0.1) is 0 Å². The number of hydrogen-bond donors (Lipinski definition) is 1. The topological polar surface area (TPSA) is 43.1 Å². The van der Waals surface area contributed by atoms with E-state index in [4.69, 9.17) is 5.73 Å². The summed E-state index contributed by atoms with van der Waals surface area (Å²) in [6, 6.07) is -0.199. The Morgan fingerprint density at radius 2 is 2.27 bits per heavy atom. The van der Waals surface area contributed by atoms with Gasteiger partial charge in [0.1, 0.15) is 5.78 Å². The largest absolute Gasteiger partial charge is 0.322 e.